The van der Waals surface area contributed by atoms with Crippen LogP contribution in [0.4, 0.5) is 11.4 Å². The molecule has 0 saturated heterocycles. The lowest BCUT2D eigenvalue weighted by atomic mass is 9.75. The van der Waals surface area contributed by atoms with Crippen molar-refractivity contribution < 1.29 is 19.3 Å². The molecule has 2 aromatic rings. The summed E-state index contributed by atoms with van der Waals surface area (Å²) in [5.74, 6) is 0.313. The molecule has 1 heterocycles. The fourth-order valence-corrected chi connectivity index (χ4v) is 3.27. The van der Waals surface area contributed by atoms with E-state index in [4.69, 9.17) is 4.42 Å². The molecule has 2 N–H and O–H groups in total. The van der Waals surface area contributed by atoms with Crippen LogP contribution in [-0.4, -0.2) is 21.7 Å². The zero-order chi connectivity index (χ0) is 19.1. The van der Waals surface area contributed by atoms with Crippen molar-refractivity contribution in [2.75, 3.05) is 5.32 Å². The molecular weight excluding hydrogens is 338 g/mol. The summed E-state index contributed by atoms with van der Waals surface area (Å²) in [7, 11) is 0. The van der Waals surface area contributed by atoms with Crippen LogP contribution in [0.1, 0.15) is 47.7 Å². The van der Waals surface area contributed by atoms with Crippen molar-refractivity contribution in [3.63, 3.8) is 0 Å². The minimum absolute atomic E-state index is 0.0568. The molecule has 0 atom stereocenters. The lowest BCUT2D eigenvalue weighted by Crippen LogP contribution is -2.27. The predicted molar refractivity (Wildman–Crippen MR) is 94.9 cm³/mol. The summed E-state index contributed by atoms with van der Waals surface area (Å²) in [5.41, 5.74) is 2.03. The fourth-order valence-electron chi connectivity index (χ4n) is 3.27. The van der Waals surface area contributed by atoms with E-state index in [0.717, 1.165) is 0 Å². The van der Waals surface area contributed by atoms with Crippen molar-refractivity contribution in [3.05, 3.63) is 57.0 Å². The number of nitrogens with one attached hydrogen (secondary N) is 1. The third-order valence-corrected chi connectivity index (χ3v) is 4.46. The van der Waals surface area contributed by atoms with Crippen molar-refractivity contribution in [1.29, 1.82) is 0 Å². The van der Waals surface area contributed by atoms with Crippen molar-refractivity contribution in [2.45, 2.75) is 33.6 Å². The Morgan fingerprint density at radius 3 is 2.54 bits per heavy atom. The number of carbonyl (C=O) groups is 1. The van der Waals surface area contributed by atoms with Gasteiger partial charge >= 0.3 is 0 Å². The molecular formula is C18H19N3O5. The number of furan rings is 1. The summed E-state index contributed by atoms with van der Waals surface area (Å²) >= 11 is 0. The Bertz CT molecular complexity index is 910. The summed E-state index contributed by atoms with van der Waals surface area (Å²) in [6.07, 6.45) is 1.22. The summed E-state index contributed by atoms with van der Waals surface area (Å²) in [5, 5.41) is 26.1. The summed E-state index contributed by atoms with van der Waals surface area (Å²) < 4.78 is 5.79. The third kappa shape index (κ3) is 3.17. The first-order valence-corrected chi connectivity index (χ1v) is 8.11. The van der Waals surface area contributed by atoms with Gasteiger partial charge in [-0.15, -0.1) is 0 Å². The predicted octanol–water partition coefficient (Wildman–Crippen LogP) is 3.90. The molecule has 0 fully saturated rings. The number of benzene rings is 1. The van der Waals surface area contributed by atoms with E-state index < -0.39 is 10.8 Å². The standard InChI is InChI=1S/C18H19N3O5/c1-10-15-13(20-23)8-18(2,3)9-14(15)26-16(10)17(22)19-11-4-6-12(7-5-11)21(24)25/h4-7,23H,8-9H2,1-3H3,(H,19,22)/b20-13-. The van der Waals surface area contributed by atoms with Crippen LogP contribution in [0.15, 0.2) is 33.8 Å². The molecule has 1 aliphatic carbocycles. The van der Waals surface area contributed by atoms with Gasteiger partial charge in [0.25, 0.3) is 11.6 Å². The Morgan fingerprint density at radius 1 is 1.31 bits per heavy atom. The maximum Gasteiger partial charge on any atom is 0.291 e. The first-order valence-electron chi connectivity index (χ1n) is 8.11. The second kappa shape index (κ2) is 6.29. The molecule has 0 radical (unpaired) electrons. The van der Waals surface area contributed by atoms with Crippen molar-refractivity contribution in [2.24, 2.45) is 10.6 Å². The minimum atomic E-state index is -0.506. The summed E-state index contributed by atoms with van der Waals surface area (Å²) in [6, 6.07) is 5.54. The van der Waals surface area contributed by atoms with Gasteiger partial charge in [-0.3, -0.25) is 14.9 Å². The molecule has 26 heavy (non-hydrogen) atoms. The van der Waals surface area contributed by atoms with Gasteiger partial charge in [0.1, 0.15) is 5.76 Å². The van der Waals surface area contributed by atoms with E-state index in [9.17, 15) is 20.1 Å². The van der Waals surface area contributed by atoms with Gasteiger partial charge in [-0.25, -0.2) is 0 Å². The van der Waals surface area contributed by atoms with E-state index in [1.807, 2.05) is 13.8 Å². The number of anilines is 1. The molecule has 0 bridgehead atoms. The molecule has 8 heteroatoms. The van der Waals surface area contributed by atoms with E-state index in [-0.39, 0.29) is 16.9 Å². The van der Waals surface area contributed by atoms with Crippen LogP contribution in [0.25, 0.3) is 0 Å². The smallest absolute Gasteiger partial charge is 0.291 e. The number of hydrogen-bond acceptors (Lipinski definition) is 6. The fraction of sp³-hybridized carbons (Fsp3) is 0.333. The van der Waals surface area contributed by atoms with Gasteiger partial charge in [0.05, 0.1) is 10.6 Å². The number of rotatable bonds is 3. The molecule has 0 unspecified atom stereocenters. The molecule has 0 saturated carbocycles. The Kier molecular flexibility index (Phi) is 4.27. The van der Waals surface area contributed by atoms with Crippen LogP contribution < -0.4 is 5.32 Å². The van der Waals surface area contributed by atoms with E-state index in [2.05, 4.69) is 10.5 Å². The first-order chi connectivity index (χ1) is 12.2. The number of fused-ring (bicyclic) bond motifs is 1. The minimum Gasteiger partial charge on any atom is -0.455 e. The molecule has 1 amide bonds. The molecule has 1 aromatic heterocycles. The van der Waals surface area contributed by atoms with Crippen molar-refractivity contribution in [1.82, 2.24) is 0 Å². The zero-order valence-electron chi connectivity index (χ0n) is 14.7. The number of non-ortho nitro benzene ring substituents is 1. The normalized spacial score (nSPS) is 17.0. The lowest BCUT2D eigenvalue weighted by molar-refractivity contribution is -0.384. The molecule has 136 valence electrons. The average Bonchev–Trinajstić information content (AvgIpc) is 2.90. The van der Waals surface area contributed by atoms with Gasteiger partial charge in [-0.1, -0.05) is 19.0 Å². The van der Waals surface area contributed by atoms with E-state index >= 15 is 0 Å². The van der Waals surface area contributed by atoms with Crippen molar-refractivity contribution >= 4 is 23.0 Å². The van der Waals surface area contributed by atoms with Gasteiger partial charge in [0.15, 0.2) is 5.76 Å². The largest absolute Gasteiger partial charge is 0.455 e. The number of nitro groups is 1. The Balaban J connectivity index is 1.89. The zero-order valence-corrected chi connectivity index (χ0v) is 14.7. The van der Waals surface area contributed by atoms with E-state index in [1.165, 1.54) is 24.3 Å². The van der Waals surface area contributed by atoms with Gasteiger partial charge in [0.2, 0.25) is 0 Å². The highest BCUT2D eigenvalue weighted by Gasteiger charge is 2.36. The Labute approximate surface area is 149 Å². The Morgan fingerprint density at radius 2 is 1.96 bits per heavy atom. The quantitative estimate of drug-likeness (QED) is 0.491. The highest BCUT2D eigenvalue weighted by Crippen LogP contribution is 2.39. The van der Waals surface area contributed by atoms with Crippen LogP contribution in [-0.2, 0) is 6.42 Å². The van der Waals surface area contributed by atoms with E-state index in [0.29, 0.717) is 41.1 Å². The van der Waals surface area contributed by atoms with Crippen LogP contribution >= 0.6 is 0 Å². The van der Waals surface area contributed by atoms with Crippen LogP contribution in [0.3, 0.4) is 0 Å². The first kappa shape index (κ1) is 17.7. The number of carbonyl (C=O) groups excluding carboxylic acids is 1. The van der Waals surface area contributed by atoms with Crippen LogP contribution in [0, 0.1) is 22.5 Å². The molecule has 0 spiro atoms. The van der Waals surface area contributed by atoms with Gasteiger partial charge in [-0.2, -0.15) is 0 Å². The van der Waals surface area contributed by atoms with Crippen LogP contribution in [0.5, 0.6) is 0 Å². The monoisotopic (exact) mass is 357 g/mol. The topological polar surface area (TPSA) is 118 Å². The number of hydrogen-bond donors (Lipinski definition) is 2. The number of nitrogens with zero attached hydrogens (tertiary/aromatic N) is 2. The number of oxime groups is 1. The van der Waals surface area contributed by atoms with Gasteiger partial charge in [-0.05, 0) is 30.9 Å². The molecule has 1 aliphatic rings. The molecule has 1 aromatic carbocycles. The van der Waals surface area contributed by atoms with Crippen LogP contribution in [0.2, 0.25) is 0 Å². The maximum atomic E-state index is 12.6. The second-order valence-electron chi connectivity index (χ2n) is 7.18. The molecule has 0 aliphatic heterocycles. The summed E-state index contributed by atoms with van der Waals surface area (Å²) in [4.78, 5) is 22.8. The molecule has 8 nitrogen and oxygen atoms in total. The number of nitro benzene ring substituents is 1. The SMILES string of the molecule is Cc1c(C(=O)Nc2ccc([N+](=O)[O-])cc2)oc2c1/C(=N\O)CC(C)(C)C2. The second-order valence-corrected chi connectivity index (χ2v) is 7.18. The maximum absolute atomic E-state index is 12.6. The highest BCUT2D eigenvalue weighted by molar-refractivity contribution is 6.09. The lowest BCUT2D eigenvalue weighted by Gasteiger charge is -2.28. The van der Waals surface area contributed by atoms with E-state index in [1.54, 1.807) is 6.92 Å². The third-order valence-electron chi connectivity index (χ3n) is 4.46. The summed E-state index contributed by atoms with van der Waals surface area (Å²) in [6.45, 7) is 5.82. The van der Waals surface area contributed by atoms with Gasteiger partial charge < -0.3 is 14.9 Å². The average molecular weight is 357 g/mol. The van der Waals surface area contributed by atoms with Crippen molar-refractivity contribution in [3.8, 4) is 0 Å². The molecule has 3 rings (SSSR count). The highest BCUT2D eigenvalue weighted by atomic mass is 16.6. The van der Waals surface area contributed by atoms with Gasteiger partial charge in [0, 0.05) is 35.4 Å². The Hall–Kier alpha value is -3.16. The number of amides is 1.